The Hall–Kier alpha value is -6.93. The Bertz CT molecular complexity index is 3020. The quantitative estimate of drug-likeness (QED) is 0.115. The van der Waals surface area contributed by atoms with E-state index in [1.807, 2.05) is 67.6 Å². The number of aryl methyl sites for hydroxylation is 1. The lowest BCUT2D eigenvalue weighted by atomic mass is 9.85. The predicted octanol–water partition coefficient (Wildman–Crippen LogP) is 8.67. The SMILES string of the molecule is CCc1c2c(nc3ccc(OC(=O)N4CCC(N5CCCCC5)CC4)cc13)-c1cc3c(c(=O)n1C2)COC(=O)C3(CC)OC(=O)CCCC(=O)n1cc(/C=C/c2cccnc2)c2ccccc21. The minimum Gasteiger partial charge on any atom is -0.457 e. The molecular formula is C53H54N6O8. The first-order chi connectivity index (χ1) is 32.6. The van der Waals surface area contributed by atoms with Crippen molar-refractivity contribution in [3.05, 3.63) is 123 Å². The Labute approximate surface area is 388 Å². The van der Waals surface area contributed by atoms with E-state index in [9.17, 15) is 24.0 Å². The second kappa shape index (κ2) is 18.4. The third-order valence-electron chi connectivity index (χ3n) is 14.1. The summed E-state index contributed by atoms with van der Waals surface area (Å²) in [5.41, 5.74) is 4.48. The van der Waals surface area contributed by atoms with Gasteiger partial charge in [0.05, 0.1) is 34.5 Å². The number of pyridine rings is 3. The maximum absolute atomic E-state index is 14.4. The third kappa shape index (κ3) is 8.21. The molecule has 10 rings (SSSR count). The van der Waals surface area contributed by atoms with Crippen LogP contribution in [-0.2, 0) is 44.2 Å². The maximum Gasteiger partial charge on any atom is 0.415 e. The zero-order valence-electron chi connectivity index (χ0n) is 38.0. The van der Waals surface area contributed by atoms with Gasteiger partial charge in [-0.05, 0) is 106 Å². The number of carbonyl (C=O) groups excluding carboxylic acids is 4. The first-order valence-corrected chi connectivity index (χ1v) is 23.7. The number of hydrogen-bond donors (Lipinski definition) is 0. The van der Waals surface area contributed by atoms with Crippen molar-refractivity contribution in [3.8, 4) is 17.1 Å². The standard InChI is InChI=1S/C53H54N6O8/c1-3-38-40-28-37(66-52(64)57-26-21-36(22-27-57)56-24-8-5-9-25-56)19-20-44(40)55-49-41(38)32-59-46(49)29-43-42(50(59)62)33-65-51(63)53(43,4-2)67-48(61)16-10-15-47(60)58-31-35(39-13-6-7-14-45(39)58)18-17-34-12-11-23-54-30-34/h6-7,11-14,17-20,23,28-31,36H,3-5,8-10,15-16,21-22,24-27,32-33H2,1-2H3/b18-17+. The van der Waals surface area contributed by atoms with Crippen molar-refractivity contribution < 1.29 is 33.4 Å². The van der Waals surface area contributed by atoms with Gasteiger partial charge in [0.1, 0.15) is 12.4 Å². The van der Waals surface area contributed by atoms with Crippen molar-refractivity contribution in [1.82, 2.24) is 28.9 Å². The van der Waals surface area contributed by atoms with Crippen molar-refractivity contribution in [2.24, 2.45) is 0 Å². The lowest BCUT2D eigenvalue weighted by Gasteiger charge is -2.39. The van der Waals surface area contributed by atoms with E-state index in [2.05, 4.69) is 9.88 Å². The summed E-state index contributed by atoms with van der Waals surface area (Å²) in [6.45, 7) is 7.36. The fourth-order valence-electron chi connectivity index (χ4n) is 10.6. The highest BCUT2D eigenvalue weighted by molar-refractivity contribution is 5.99. The molecule has 0 N–H and O–H groups in total. The smallest absolute Gasteiger partial charge is 0.415 e. The number of hydrogen-bond acceptors (Lipinski definition) is 11. The summed E-state index contributed by atoms with van der Waals surface area (Å²) in [6, 6.07) is 19.2. The number of nitrogens with zero attached hydrogens (tertiary/aromatic N) is 6. The lowest BCUT2D eigenvalue weighted by Crippen LogP contribution is -2.48. The van der Waals surface area contributed by atoms with Crippen LogP contribution in [-0.4, -0.2) is 85.1 Å². The molecule has 0 saturated carbocycles. The molecule has 8 heterocycles. The van der Waals surface area contributed by atoms with Gasteiger partial charge in [-0.1, -0.05) is 56.7 Å². The molecule has 1 unspecified atom stereocenters. The van der Waals surface area contributed by atoms with Gasteiger partial charge in [-0.15, -0.1) is 0 Å². The van der Waals surface area contributed by atoms with Gasteiger partial charge in [0.2, 0.25) is 11.5 Å². The van der Waals surface area contributed by atoms with Crippen LogP contribution in [0.15, 0.2) is 84.0 Å². The number of aromatic nitrogens is 4. The Balaban J connectivity index is 0.853. The maximum atomic E-state index is 14.4. The number of esters is 2. The fraction of sp³-hybridized carbons (Fsp3) is 0.377. The summed E-state index contributed by atoms with van der Waals surface area (Å²) < 4.78 is 20.9. The first kappa shape index (κ1) is 43.9. The van der Waals surface area contributed by atoms with Crippen molar-refractivity contribution in [3.63, 3.8) is 0 Å². The number of likely N-dealkylation sites (tertiary alicyclic amines) is 2. The van der Waals surface area contributed by atoms with E-state index in [0.29, 0.717) is 48.2 Å². The van der Waals surface area contributed by atoms with Crippen LogP contribution < -0.4 is 10.3 Å². The van der Waals surface area contributed by atoms with Gasteiger partial charge in [-0.2, -0.15) is 0 Å². The average Bonchev–Trinajstić information content (AvgIpc) is 3.92. The number of para-hydroxylation sites is 1. The van der Waals surface area contributed by atoms with E-state index < -0.39 is 17.5 Å². The van der Waals surface area contributed by atoms with Gasteiger partial charge < -0.3 is 28.6 Å². The highest BCUT2D eigenvalue weighted by atomic mass is 16.6. The molecule has 0 radical (unpaired) electrons. The summed E-state index contributed by atoms with van der Waals surface area (Å²) in [6.07, 6.45) is 15.2. The second-order valence-corrected chi connectivity index (χ2v) is 18.0. The van der Waals surface area contributed by atoms with Crippen LogP contribution in [0.1, 0.15) is 110 Å². The van der Waals surface area contributed by atoms with Crippen molar-refractivity contribution in [2.75, 3.05) is 26.2 Å². The molecule has 0 spiro atoms. The Morgan fingerprint density at radius 3 is 2.49 bits per heavy atom. The largest absolute Gasteiger partial charge is 0.457 e. The van der Waals surface area contributed by atoms with Crippen LogP contribution in [0.25, 0.3) is 45.3 Å². The van der Waals surface area contributed by atoms with Gasteiger partial charge in [0, 0.05) is 78.0 Å². The van der Waals surface area contributed by atoms with E-state index in [1.54, 1.807) is 51.7 Å². The number of benzene rings is 2. The number of fused-ring (bicyclic) bond motifs is 6. The summed E-state index contributed by atoms with van der Waals surface area (Å²) in [7, 11) is 0. The molecule has 6 aromatic rings. The van der Waals surface area contributed by atoms with Gasteiger partial charge in [0.15, 0.2) is 0 Å². The average molecular weight is 903 g/mol. The molecule has 2 saturated heterocycles. The van der Waals surface area contributed by atoms with Crippen LogP contribution in [0.5, 0.6) is 5.75 Å². The third-order valence-corrected chi connectivity index (χ3v) is 14.1. The molecule has 14 heteroatoms. The van der Waals surface area contributed by atoms with Crippen LogP contribution in [0.3, 0.4) is 0 Å². The zero-order valence-corrected chi connectivity index (χ0v) is 38.0. The monoisotopic (exact) mass is 902 g/mol. The van der Waals surface area contributed by atoms with Gasteiger partial charge in [-0.25, -0.2) is 14.6 Å². The summed E-state index contributed by atoms with van der Waals surface area (Å²) >= 11 is 0. The molecule has 14 nitrogen and oxygen atoms in total. The van der Waals surface area contributed by atoms with Crippen LogP contribution in [0.4, 0.5) is 4.79 Å². The molecule has 67 heavy (non-hydrogen) atoms. The highest BCUT2D eigenvalue weighted by Crippen LogP contribution is 2.43. The topological polar surface area (TPSA) is 155 Å². The molecule has 2 aromatic carbocycles. The number of carbonyl (C=O) groups is 4. The predicted molar refractivity (Wildman–Crippen MR) is 253 cm³/mol. The van der Waals surface area contributed by atoms with Crippen LogP contribution in [0.2, 0.25) is 0 Å². The molecule has 4 aromatic heterocycles. The number of rotatable bonds is 11. The van der Waals surface area contributed by atoms with E-state index in [4.69, 9.17) is 19.2 Å². The molecule has 0 aliphatic carbocycles. The van der Waals surface area contributed by atoms with E-state index in [1.165, 1.54) is 19.3 Å². The molecule has 2 fully saturated rings. The molecule has 1 amide bonds. The highest BCUT2D eigenvalue weighted by Gasteiger charge is 2.50. The Morgan fingerprint density at radius 2 is 1.72 bits per heavy atom. The molecule has 1 atom stereocenters. The summed E-state index contributed by atoms with van der Waals surface area (Å²) in [5.74, 6) is -1.20. The van der Waals surface area contributed by atoms with Crippen molar-refractivity contribution in [2.45, 2.75) is 103 Å². The number of piperidine rings is 2. The molecular weight excluding hydrogens is 849 g/mol. The number of ether oxygens (including phenoxy) is 3. The molecule has 0 bridgehead atoms. The second-order valence-electron chi connectivity index (χ2n) is 18.0. The molecule has 4 aliphatic heterocycles. The lowest BCUT2D eigenvalue weighted by molar-refractivity contribution is -0.189. The molecule has 344 valence electrons. The van der Waals surface area contributed by atoms with Gasteiger partial charge in [-0.3, -0.25) is 23.9 Å². The summed E-state index contributed by atoms with van der Waals surface area (Å²) in [5, 5.41) is 1.74. The Morgan fingerprint density at radius 1 is 0.896 bits per heavy atom. The number of amides is 1. The van der Waals surface area contributed by atoms with E-state index >= 15 is 0 Å². The minimum atomic E-state index is -1.87. The van der Waals surface area contributed by atoms with Gasteiger partial charge in [0.25, 0.3) is 5.56 Å². The van der Waals surface area contributed by atoms with E-state index in [0.717, 1.165) is 64.5 Å². The fourth-order valence-corrected chi connectivity index (χ4v) is 10.6. The Kier molecular flexibility index (Phi) is 12.1. The van der Waals surface area contributed by atoms with E-state index in [-0.39, 0.29) is 67.5 Å². The van der Waals surface area contributed by atoms with Crippen molar-refractivity contribution in [1.29, 1.82) is 0 Å². The molecule has 4 aliphatic rings. The zero-order chi connectivity index (χ0) is 46.2. The van der Waals surface area contributed by atoms with Crippen LogP contribution in [0, 0.1) is 0 Å². The van der Waals surface area contributed by atoms with Gasteiger partial charge >= 0.3 is 18.0 Å². The summed E-state index contributed by atoms with van der Waals surface area (Å²) in [4.78, 5) is 82.5. The number of cyclic esters (lactones) is 1. The normalized spacial score (nSPS) is 18.5. The van der Waals surface area contributed by atoms with Crippen LogP contribution >= 0.6 is 0 Å². The minimum absolute atomic E-state index is 0.0211. The van der Waals surface area contributed by atoms with Crippen molar-refractivity contribution >= 4 is 57.9 Å². The first-order valence-electron chi connectivity index (χ1n) is 23.7.